The number of fused-ring (bicyclic) bond motifs is 3. The van der Waals surface area contributed by atoms with Crippen LogP contribution in [-0.2, 0) is 19.2 Å². The molecule has 2 fully saturated rings. The second-order valence-corrected chi connectivity index (χ2v) is 10.8. The Morgan fingerprint density at radius 2 is 1.86 bits per heavy atom. The lowest BCUT2D eigenvalue weighted by atomic mass is 9.82. The predicted molar refractivity (Wildman–Crippen MR) is 146 cm³/mol. The average molecular weight is 535 g/mol. The van der Waals surface area contributed by atoms with E-state index in [4.69, 9.17) is 26.9 Å². The van der Waals surface area contributed by atoms with Crippen molar-refractivity contribution in [3.63, 3.8) is 0 Å². The third kappa shape index (κ3) is 5.74. The van der Waals surface area contributed by atoms with Gasteiger partial charge in [0.1, 0.15) is 10.9 Å². The first-order valence-corrected chi connectivity index (χ1v) is 13.2. The summed E-state index contributed by atoms with van der Waals surface area (Å²) in [5.74, 6) is -0.896. The largest absolute Gasteiger partial charge is 0.480 e. The highest BCUT2D eigenvalue weighted by atomic mass is 32.2. The standard InChI is InChI=1S/C27H26N2O3S2.CO2/c1-17-9-12-19(13-10-17)29-22-7-3-2-6-20(22)21-15-18(11-14-23(21)29)5-4-8-24-26(32)28(16-25(30)31)27(33)34-24;2-1-3/h4-5,8-15,20,22H,2-3,6-7,16H2,1H3,(H,30,31);. The molecule has 190 valence electrons. The molecular weight excluding hydrogens is 508 g/mol. The van der Waals surface area contributed by atoms with Crippen LogP contribution in [0.25, 0.3) is 6.08 Å². The van der Waals surface area contributed by atoms with Crippen molar-refractivity contribution in [3.05, 3.63) is 76.2 Å². The van der Waals surface area contributed by atoms with Crippen LogP contribution < -0.4 is 4.90 Å². The number of hydrogen-bond acceptors (Lipinski definition) is 7. The molecule has 0 bridgehead atoms. The van der Waals surface area contributed by atoms with Gasteiger partial charge in [0.25, 0.3) is 5.91 Å². The Labute approximate surface area is 224 Å². The van der Waals surface area contributed by atoms with E-state index in [2.05, 4.69) is 54.3 Å². The van der Waals surface area contributed by atoms with Crippen LogP contribution >= 0.6 is 24.0 Å². The van der Waals surface area contributed by atoms with E-state index in [-0.39, 0.29) is 16.4 Å². The van der Waals surface area contributed by atoms with E-state index in [9.17, 15) is 9.59 Å². The molecule has 37 heavy (non-hydrogen) atoms. The zero-order valence-corrected chi connectivity index (χ0v) is 21.9. The van der Waals surface area contributed by atoms with Crippen LogP contribution in [-0.4, -0.2) is 44.9 Å². The summed E-state index contributed by atoms with van der Waals surface area (Å²) in [5, 5.41) is 8.98. The summed E-state index contributed by atoms with van der Waals surface area (Å²) < 4.78 is 0.282. The molecule has 2 atom stereocenters. The third-order valence-electron chi connectivity index (χ3n) is 6.79. The number of carbonyl (C=O) groups excluding carboxylic acids is 3. The van der Waals surface area contributed by atoms with E-state index in [1.54, 1.807) is 6.08 Å². The van der Waals surface area contributed by atoms with E-state index >= 15 is 0 Å². The topological polar surface area (TPSA) is 95.0 Å². The van der Waals surface area contributed by atoms with E-state index in [0.29, 0.717) is 16.9 Å². The van der Waals surface area contributed by atoms with E-state index in [1.165, 1.54) is 48.2 Å². The maximum Gasteiger partial charge on any atom is 0.373 e. The Hall–Kier alpha value is -3.52. The molecule has 2 aliphatic heterocycles. The number of nitrogens with zero attached hydrogens (tertiary/aromatic N) is 2. The van der Waals surface area contributed by atoms with Gasteiger partial charge in [-0.3, -0.25) is 14.5 Å². The van der Waals surface area contributed by atoms with Crippen molar-refractivity contribution in [3.8, 4) is 0 Å². The lowest BCUT2D eigenvalue weighted by Crippen LogP contribution is -2.33. The number of thioether (sulfide) groups is 1. The summed E-state index contributed by atoms with van der Waals surface area (Å²) in [6.07, 6.45) is 10.8. The maximum absolute atomic E-state index is 12.4. The van der Waals surface area contributed by atoms with E-state index in [0.717, 1.165) is 22.2 Å². The molecule has 1 saturated heterocycles. The molecule has 0 radical (unpaired) electrons. The Morgan fingerprint density at radius 1 is 1.16 bits per heavy atom. The second kappa shape index (κ2) is 11.7. The molecule has 2 heterocycles. The molecule has 1 saturated carbocycles. The summed E-state index contributed by atoms with van der Waals surface area (Å²) in [6.45, 7) is 1.71. The molecule has 1 amide bonds. The molecule has 7 nitrogen and oxygen atoms in total. The molecule has 2 aromatic rings. The Bertz CT molecular complexity index is 1310. The summed E-state index contributed by atoms with van der Waals surface area (Å²) >= 11 is 6.30. The number of rotatable bonds is 5. The molecule has 1 N–H and O–H groups in total. The van der Waals surface area contributed by atoms with Gasteiger partial charge < -0.3 is 10.0 Å². The highest BCUT2D eigenvalue weighted by Gasteiger charge is 2.40. The van der Waals surface area contributed by atoms with Gasteiger partial charge in [-0.1, -0.05) is 72.7 Å². The SMILES string of the molecule is Cc1ccc(N2c3ccc(C=CC=C4SC(=S)N(CC(=O)O)C4=O)cc3C3CCCCC32)cc1.O=C=O. The summed E-state index contributed by atoms with van der Waals surface area (Å²) in [5.41, 5.74) is 6.32. The summed E-state index contributed by atoms with van der Waals surface area (Å²) in [6, 6.07) is 15.9. The molecule has 9 heteroatoms. The minimum atomic E-state index is -1.08. The minimum Gasteiger partial charge on any atom is -0.480 e. The number of thiocarbonyl (C=S) groups is 1. The van der Waals surface area contributed by atoms with Gasteiger partial charge >= 0.3 is 12.1 Å². The van der Waals surface area contributed by atoms with Crippen LogP contribution in [0.3, 0.4) is 0 Å². The monoisotopic (exact) mass is 534 g/mol. The number of aliphatic carboxylic acids is 1. The summed E-state index contributed by atoms with van der Waals surface area (Å²) in [4.78, 5) is 43.8. The lowest BCUT2D eigenvalue weighted by molar-refractivity contribution is -0.191. The fourth-order valence-electron chi connectivity index (χ4n) is 5.22. The Balaban J connectivity index is 0.00000102. The van der Waals surface area contributed by atoms with Crippen molar-refractivity contribution in [2.45, 2.75) is 44.6 Å². The fraction of sp³-hybridized carbons (Fsp3) is 0.286. The predicted octanol–water partition coefficient (Wildman–Crippen LogP) is 5.43. The Kier molecular flexibility index (Phi) is 8.38. The van der Waals surface area contributed by atoms with Crippen molar-refractivity contribution in [2.24, 2.45) is 0 Å². The summed E-state index contributed by atoms with van der Waals surface area (Å²) in [7, 11) is 0. The number of carbonyl (C=O) groups is 2. The molecule has 1 aliphatic carbocycles. The van der Waals surface area contributed by atoms with Crippen molar-refractivity contribution >= 4 is 63.8 Å². The van der Waals surface area contributed by atoms with Gasteiger partial charge in [-0.25, -0.2) is 0 Å². The van der Waals surface area contributed by atoms with Crippen molar-refractivity contribution < 1.29 is 24.3 Å². The Morgan fingerprint density at radius 3 is 2.57 bits per heavy atom. The van der Waals surface area contributed by atoms with Crippen LogP contribution in [0.1, 0.15) is 48.3 Å². The average Bonchev–Trinajstić information content (AvgIpc) is 3.34. The normalized spacial score (nSPS) is 21.5. The van der Waals surface area contributed by atoms with Gasteiger partial charge in [0.15, 0.2) is 0 Å². The number of allylic oxidation sites excluding steroid dienone is 2. The number of hydrogen-bond donors (Lipinski definition) is 1. The fourth-order valence-corrected chi connectivity index (χ4v) is 6.43. The van der Waals surface area contributed by atoms with Gasteiger partial charge in [0.2, 0.25) is 0 Å². The highest BCUT2D eigenvalue weighted by Crippen LogP contribution is 2.51. The van der Waals surface area contributed by atoms with Gasteiger partial charge in [-0.2, -0.15) is 9.59 Å². The van der Waals surface area contributed by atoms with Crippen molar-refractivity contribution in [1.29, 1.82) is 0 Å². The molecule has 0 spiro atoms. The van der Waals surface area contributed by atoms with Crippen LogP contribution in [0.2, 0.25) is 0 Å². The van der Waals surface area contributed by atoms with E-state index in [1.807, 2.05) is 12.2 Å². The molecule has 0 aromatic heterocycles. The highest BCUT2D eigenvalue weighted by molar-refractivity contribution is 8.26. The zero-order chi connectivity index (χ0) is 26.5. The van der Waals surface area contributed by atoms with E-state index < -0.39 is 12.5 Å². The first-order chi connectivity index (χ1) is 17.8. The first-order valence-electron chi connectivity index (χ1n) is 12.0. The number of aryl methyl sites for hydroxylation is 1. The number of carboxylic acid groups (broad SMARTS) is 1. The van der Waals surface area contributed by atoms with Gasteiger partial charge in [0.05, 0.1) is 4.91 Å². The van der Waals surface area contributed by atoms with Crippen LogP contribution in [0.15, 0.2) is 59.5 Å². The second-order valence-electron chi connectivity index (χ2n) is 9.11. The van der Waals surface area contributed by atoms with Gasteiger partial charge in [-0.15, -0.1) is 0 Å². The van der Waals surface area contributed by atoms with Gasteiger partial charge in [-0.05, 0) is 61.2 Å². The van der Waals surface area contributed by atoms with Crippen LogP contribution in [0.4, 0.5) is 11.4 Å². The molecule has 2 unspecified atom stereocenters. The quantitative estimate of drug-likeness (QED) is 0.401. The van der Waals surface area contributed by atoms with Crippen molar-refractivity contribution in [1.82, 2.24) is 4.90 Å². The molecule has 3 aliphatic rings. The number of anilines is 2. The van der Waals surface area contributed by atoms with Crippen LogP contribution in [0, 0.1) is 6.92 Å². The number of benzene rings is 2. The maximum atomic E-state index is 12.4. The number of amides is 1. The molecule has 2 aromatic carbocycles. The molecular formula is C28H26N2O5S2. The van der Waals surface area contributed by atoms with Crippen LogP contribution in [0.5, 0.6) is 0 Å². The first kappa shape index (κ1) is 26.5. The van der Waals surface area contributed by atoms with Gasteiger partial charge in [0, 0.05) is 23.3 Å². The number of carboxylic acids is 1. The third-order valence-corrected chi connectivity index (χ3v) is 8.18. The smallest absolute Gasteiger partial charge is 0.373 e. The zero-order valence-electron chi connectivity index (χ0n) is 20.3. The lowest BCUT2D eigenvalue weighted by Gasteiger charge is -2.33. The molecule has 5 rings (SSSR count). The van der Waals surface area contributed by atoms with Crippen molar-refractivity contribution in [2.75, 3.05) is 11.4 Å². The minimum absolute atomic E-state index is 0.250.